The lowest BCUT2D eigenvalue weighted by molar-refractivity contribution is -0.0505. The van der Waals surface area contributed by atoms with Crippen molar-refractivity contribution in [2.24, 2.45) is 4.99 Å². The Morgan fingerprint density at radius 2 is 2.04 bits per heavy atom. The fourth-order valence-corrected chi connectivity index (χ4v) is 2.27. The van der Waals surface area contributed by atoms with Crippen molar-refractivity contribution in [1.82, 2.24) is 15.6 Å². The zero-order valence-electron chi connectivity index (χ0n) is 15.1. The first-order valence-electron chi connectivity index (χ1n) is 8.08. The molecule has 6 nitrogen and oxygen atoms in total. The number of aromatic nitrogens is 1. The number of nitrogens with zero attached hydrogens (tertiary/aromatic N) is 2. The maximum absolute atomic E-state index is 12.6. The lowest BCUT2D eigenvalue weighted by Crippen LogP contribution is -2.38. The molecule has 0 spiro atoms. The molecule has 0 radical (unpaired) electrons. The predicted octanol–water partition coefficient (Wildman–Crippen LogP) is 3.22. The van der Waals surface area contributed by atoms with E-state index in [1.54, 1.807) is 25.4 Å². The number of rotatable bonds is 8. The summed E-state index contributed by atoms with van der Waals surface area (Å²) in [5.74, 6) is 1.07. The zero-order chi connectivity index (χ0) is 18.8. The van der Waals surface area contributed by atoms with E-state index in [1.165, 1.54) is 13.2 Å². The average molecular weight is 492 g/mol. The van der Waals surface area contributed by atoms with Crippen LogP contribution < -0.4 is 20.1 Å². The predicted molar refractivity (Wildman–Crippen MR) is 111 cm³/mol. The lowest BCUT2D eigenvalue weighted by atomic mass is 10.2. The second-order valence-corrected chi connectivity index (χ2v) is 5.28. The topological polar surface area (TPSA) is 67.8 Å². The molecule has 0 aliphatic heterocycles. The summed E-state index contributed by atoms with van der Waals surface area (Å²) in [5.41, 5.74) is 1.54. The Hall–Kier alpha value is -2.17. The van der Waals surface area contributed by atoms with E-state index < -0.39 is 6.61 Å². The molecule has 1 aromatic heterocycles. The highest BCUT2D eigenvalue weighted by Crippen LogP contribution is 2.26. The van der Waals surface area contributed by atoms with E-state index in [1.807, 2.05) is 18.2 Å². The third kappa shape index (κ3) is 7.94. The normalized spacial score (nSPS) is 10.9. The van der Waals surface area contributed by atoms with Crippen molar-refractivity contribution in [1.29, 1.82) is 0 Å². The third-order valence-electron chi connectivity index (χ3n) is 3.56. The summed E-state index contributed by atoms with van der Waals surface area (Å²) in [7, 11) is 3.10. The summed E-state index contributed by atoms with van der Waals surface area (Å²) in [6.07, 6.45) is 2.49. The largest absolute Gasteiger partial charge is 0.497 e. The highest BCUT2D eigenvalue weighted by molar-refractivity contribution is 14.0. The van der Waals surface area contributed by atoms with Crippen LogP contribution in [0.5, 0.6) is 11.5 Å². The van der Waals surface area contributed by atoms with Gasteiger partial charge >= 0.3 is 6.61 Å². The van der Waals surface area contributed by atoms with Gasteiger partial charge < -0.3 is 20.1 Å². The molecule has 0 saturated heterocycles. The molecular formula is C18H23F2IN4O2. The Balaban J connectivity index is 0.00000364. The Bertz CT molecular complexity index is 718. The Morgan fingerprint density at radius 1 is 1.22 bits per heavy atom. The molecule has 0 bridgehead atoms. The van der Waals surface area contributed by atoms with Gasteiger partial charge in [0.15, 0.2) is 5.96 Å². The van der Waals surface area contributed by atoms with E-state index in [0.29, 0.717) is 23.8 Å². The lowest BCUT2D eigenvalue weighted by Gasteiger charge is -2.15. The van der Waals surface area contributed by atoms with Crippen LogP contribution in [0.3, 0.4) is 0 Å². The van der Waals surface area contributed by atoms with E-state index in [9.17, 15) is 8.78 Å². The van der Waals surface area contributed by atoms with E-state index in [-0.39, 0.29) is 36.3 Å². The van der Waals surface area contributed by atoms with E-state index in [4.69, 9.17) is 4.74 Å². The Labute approximate surface area is 174 Å². The highest BCUT2D eigenvalue weighted by atomic mass is 127. The van der Waals surface area contributed by atoms with E-state index in [0.717, 1.165) is 12.1 Å². The molecular weight excluding hydrogens is 469 g/mol. The van der Waals surface area contributed by atoms with Gasteiger partial charge in [0.2, 0.25) is 0 Å². The van der Waals surface area contributed by atoms with Gasteiger partial charge in [-0.1, -0.05) is 6.07 Å². The molecule has 148 valence electrons. The number of ether oxygens (including phenoxy) is 2. The van der Waals surface area contributed by atoms with Crippen LogP contribution in [0.15, 0.2) is 47.6 Å². The number of benzene rings is 1. The van der Waals surface area contributed by atoms with Crippen LogP contribution in [0, 0.1) is 0 Å². The van der Waals surface area contributed by atoms with Crippen LogP contribution in [0.2, 0.25) is 0 Å². The zero-order valence-corrected chi connectivity index (χ0v) is 17.4. The summed E-state index contributed by atoms with van der Waals surface area (Å²) in [5, 5.41) is 6.23. The van der Waals surface area contributed by atoms with Crippen molar-refractivity contribution in [2.45, 2.75) is 19.6 Å². The SMILES string of the molecule is CN=C(NCCc1ccccn1)NCc1ccc(OC)cc1OC(F)F.I. The van der Waals surface area contributed by atoms with Crippen molar-refractivity contribution in [2.75, 3.05) is 20.7 Å². The molecule has 0 fully saturated rings. The van der Waals surface area contributed by atoms with E-state index in [2.05, 4.69) is 25.3 Å². The molecule has 0 amide bonds. The second-order valence-electron chi connectivity index (χ2n) is 5.28. The van der Waals surface area contributed by atoms with Crippen molar-refractivity contribution in [3.8, 4) is 11.5 Å². The van der Waals surface area contributed by atoms with Crippen LogP contribution >= 0.6 is 24.0 Å². The first-order valence-corrected chi connectivity index (χ1v) is 8.08. The quantitative estimate of drug-likeness (QED) is 0.337. The first kappa shape index (κ1) is 22.9. The molecule has 0 aliphatic carbocycles. The average Bonchev–Trinajstić information content (AvgIpc) is 2.65. The van der Waals surface area contributed by atoms with Gasteiger partial charge in [0.05, 0.1) is 7.11 Å². The van der Waals surface area contributed by atoms with Crippen molar-refractivity contribution >= 4 is 29.9 Å². The Kier molecular flexibility index (Phi) is 10.4. The molecule has 0 atom stereocenters. The van der Waals surface area contributed by atoms with Crippen LogP contribution in [0.1, 0.15) is 11.3 Å². The standard InChI is InChI=1S/C18H22F2N4O2.HI/c1-21-18(23-10-8-14-5-3-4-9-22-14)24-12-13-6-7-15(25-2)11-16(13)26-17(19)20;/h3-7,9,11,17H,8,10,12H2,1-2H3,(H2,21,23,24);1H. The molecule has 0 unspecified atom stereocenters. The number of methoxy groups -OCH3 is 1. The molecule has 2 N–H and O–H groups in total. The summed E-state index contributed by atoms with van der Waals surface area (Å²) in [6.45, 7) is -1.99. The van der Waals surface area contributed by atoms with Gasteiger partial charge in [-0.15, -0.1) is 24.0 Å². The van der Waals surface area contributed by atoms with Crippen LogP contribution in [0.25, 0.3) is 0 Å². The van der Waals surface area contributed by atoms with Gasteiger partial charge in [-0.05, 0) is 24.3 Å². The molecule has 1 aromatic carbocycles. The van der Waals surface area contributed by atoms with E-state index >= 15 is 0 Å². The summed E-state index contributed by atoms with van der Waals surface area (Å²) < 4.78 is 34.8. The van der Waals surface area contributed by atoms with Gasteiger partial charge in [0.1, 0.15) is 11.5 Å². The minimum Gasteiger partial charge on any atom is -0.497 e. The summed E-state index contributed by atoms with van der Waals surface area (Å²) in [4.78, 5) is 8.37. The van der Waals surface area contributed by atoms with Crippen molar-refractivity contribution in [3.05, 3.63) is 53.9 Å². The summed E-state index contributed by atoms with van der Waals surface area (Å²) in [6, 6.07) is 10.5. The maximum atomic E-state index is 12.6. The molecule has 2 rings (SSSR count). The van der Waals surface area contributed by atoms with Crippen LogP contribution in [0.4, 0.5) is 8.78 Å². The Morgan fingerprint density at radius 3 is 2.67 bits per heavy atom. The number of halogens is 3. The van der Waals surface area contributed by atoms with Gasteiger partial charge in [-0.25, -0.2) is 0 Å². The number of aliphatic imine (C=N–C) groups is 1. The van der Waals surface area contributed by atoms with Gasteiger partial charge in [-0.3, -0.25) is 9.98 Å². The van der Waals surface area contributed by atoms with Crippen molar-refractivity contribution < 1.29 is 18.3 Å². The second kappa shape index (κ2) is 12.3. The van der Waals surface area contributed by atoms with Crippen LogP contribution in [-0.4, -0.2) is 38.3 Å². The molecule has 9 heteroatoms. The minimum atomic E-state index is -2.91. The first-order chi connectivity index (χ1) is 12.6. The third-order valence-corrected chi connectivity index (χ3v) is 3.56. The number of hydrogen-bond donors (Lipinski definition) is 2. The minimum absolute atomic E-state index is 0. The number of nitrogens with one attached hydrogen (secondary N) is 2. The number of guanidine groups is 1. The van der Waals surface area contributed by atoms with Crippen molar-refractivity contribution in [3.63, 3.8) is 0 Å². The molecule has 0 aliphatic rings. The number of hydrogen-bond acceptors (Lipinski definition) is 4. The summed E-state index contributed by atoms with van der Waals surface area (Å²) >= 11 is 0. The number of pyridine rings is 1. The van der Waals surface area contributed by atoms with Gasteiger partial charge in [0.25, 0.3) is 0 Å². The fourth-order valence-electron chi connectivity index (χ4n) is 2.27. The van der Waals surface area contributed by atoms with Crippen LogP contribution in [-0.2, 0) is 13.0 Å². The molecule has 0 saturated carbocycles. The molecule has 1 heterocycles. The van der Waals surface area contributed by atoms with Gasteiger partial charge in [0, 0.05) is 50.1 Å². The highest BCUT2D eigenvalue weighted by Gasteiger charge is 2.11. The van der Waals surface area contributed by atoms with Gasteiger partial charge in [-0.2, -0.15) is 8.78 Å². The smallest absolute Gasteiger partial charge is 0.387 e. The molecule has 2 aromatic rings. The fraction of sp³-hybridized carbons (Fsp3) is 0.333. The number of alkyl halides is 2. The monoisotopic (exact) mass is 492 g/mol. The molecule has 27 heavy (non-hydrogen) atoms. The maximum Gasteiger partial charge on any atom is 0.387 e.